The van der Waals surface area contributed by atoms with Crippen LogP contribution in [0.25, 0.3) is 0 Å². The quantitative estimate of drug-likeness (QED) is 0.427. The van der Waals surface area contributed by atoms with E-state index in [-0.39, 0.29) is 13.0 Å². The molecule has 2 aromatic carbocycles. The fourth-order valence-corrected chi connectivity index (χ4v) is 4.24. The van der Waals surface area contributed by atoms with Gasteiger partial charge in [0.2, 0.25) is 5.91 Å². The number of hydrogen-bond acceptors (Lipinski definition) is 5. The van der Waals surface area contributed by atoms with Gasteiger partial charge in [0.15, 0.2) is 0 Å². The van der Waals surface area contributed by atoms with Gasteiger partial charge in [-0.3, -0.25) is 14.4 Å². The first kappa shape index (κ1) is 23.8. The molecule has 0 aliphatic heterocycles. The molecule has 0 radical (unpaired) electrons. The molecule has 3 atom stereocenters. The van der Waals surface area contributed by atoms with Crippen molar-refractivity contribution in [1.29, 1.82) is 0 Å². The van der Waals surface area contributed by atoms with Gasteiger partial charge < -0.3 is 25.6 Å². The molecule has 1 fully saturated rings. The van der Waals surface area contributed by atoms with Gasteiger partial charge in [-0.05, 0) is 42.7 Å². The maximum Gasteiger partial charge on any atom is 0.394 e. The first-order chi connectivity index (χ1) is 15.8. The van der Waals surface area contributed by atoms with Gasteiger partial charge in [0.25, 0.3) is 0 Å². The average Bonchev–Trinajstić information content (AvgIpc) is 2.79. The fourth-order valence-electron chi connectivity index (χ4n) is 4.24. The SMILES string of the molecule is CCCC1(C(=O)NCc2ccc(Oc3ccccc3)cc2)CC(C(=O)O)C1NC(=O)C(=O)O. The summed E-state index contributed by atoms with van der Waals surface area (Å²) in [4.78, 5) is 47.4. The van der Waals surface area contributed by atoms with Gasteiger partial charge in [0.1, 0.15) is 11.5 Å². The Hall–Kier alpha value is -3.88. The van der Waals surface area contributed by atoms with E-state index in [4.69, 9.17) is 9.84 Å². The molecule has 4 N–H and O–H groups in total. The first-order valence-electron chi connectivity index (χ1n) is 10.6. The Balaban J connectivity index is 1.67. The Morgan fingerprint density at radius 3 is 2.21 bits per heavy atom. The van der Waals surface area contributed by atoms with Crippen LogP contribution in [0.4, 0.5) is 0 Å². The summed E-state index contributed by atoms with van der Waals surface area (Å²) in [7, 11) is 0. The number of carbonyl (C=O) groups is 4. The second-order valence-corrected chi connectivity index (χ2v) is 8.05. The Morgan fingerprint density at radius 2 is 1.64 bits per heavy atom. The van der Waals surface area contributed by atoms with E-state index in [0.717, 1.165) is 5.56 Å². The molecule has 0 aromatic heterocycles. The second-order valence-electron chi connectivity index (χ2n) is 8.05. The third kappa shape index (κ3) is 5.31. The van der Waals surface area contributed by atoms with E-state index in [9.17, 15) is 24.3 Å². The van der Waals surface area contributed by atoms with Crippen molar-refractivity contribution >= 4 is 23.8 Å². The van der Waals surface area contributed by atoms with Crippen molar-refractivity contribution in [3.05, 3.63) is 60.2 Å². The molecule has 0 bridgehead atoms. The third-order valence-electron chi connectivity index (χ3n) is 5.88. The van der Waals surface area contributed by atoms with Gasteiger partial charge >= 0.3 is 17.8 Å². The monoisotopic (exact) mass is 454 g/mol. The van der Waals surface area contributed by atoms with Gasteiger partial charge in [-0.15, -0.1) is 0 Å². The number of aliphatic carboxylic acids is 2. The number of benzene rings is 2. The smallest absolute Gasteiger partial charge is 0.394 e. The average molecular weight is 454 g/mol. The van der Waals surface area contributed by atoms with Crippen molar-refractivity contribution < 1.29 is 34.1 Å². The molecule has 9 nitrogen and oxygen atoms in total. The van der Waals surface area contributed by atoms with E-state index in [1.807, 2.05) is 37.3 Å². The largest absolute Gasteiger partial charge is 0.481 e. The summed E-state index contributed by atoms with van der Waals surface area (Å²) >= 11 is 0. The summed E-state index contributed by atoms with van der Waals surface area (Å²) in [6.45, 7) is 2.03. The van der Waals surface area contributed by atoms with Crippen molar-refractivity contribution in [2.24, 2.45) is 11.3 Å². The number of ether oxygens (including phenoxy) is 1. The Kier molecular flexibility index (Phi) is 7.32. The molecule has 2 amide bonds. The molecule has 1 aliphatic carbocycles. The summed E-state index contributed by atoms with van der Waals surface area (Å²) < 4.78 is 5.75. The molecule has 3 rings (SSSR count). The second kappa shape index (κ2) is 10.2. The predicted octanol–water partition coefficient (Wildman–Crippen LogP) is 2.56. The maximum atomic E-state index is 13.1. The summed E-state index contributed by atoms with van der Waals surface area (Å²) in [5.74, 6) is -4.34. The predicted molar refractivity (Wildman–Crippen MR) is 117 cm³/mol. The van der Waals surface area contributed by atoms with E-state index in [2.05, 4.69) is 10.6 Å². The summed E-state index contributed by atoms with van der Waals surface area (Å²) in [5.41, 5.74) is -0.380. The van der Waals surface area contributed by atoms with Crippen LogP contribution in [0.15, 0.2) is 54.6 Å². The molecule has 1 aliphatic rings. The van der Waals surface area contributed by atoms with Crippen molar-refractivity contribution in [3.8, 4) is 11.5 Å². The molecular formula is C24H26N2O7. The van der Waals surface area contributed by atoms with Crippen molar-refractivity contribution in [2.75, 3.05) is 0 Å². The highest BCUT2D eigenvalue weighted by Gasteiger charge is 2.61. The fraction of sp³-hybridized carbons (Fsp3) is 0.333. The minimum Gasteiger partial charge on any atom is -0.481 e. The first-order valence-corrected chi connectivity index (χ1v) is 10.6. The molecule has 0 saturated heterocycles. The lowest BCUT2D eigenvalue weighted by atomic mass is 9.55. The van der Waals surface area contributed by atoms with Crippen LogP contribution in [0, 0.1) is 11.3 Å². The highest BCUT2D eigenvalue weighted by atomic mass is 16.5. The number of carboxylic acid groups (broad SMARTS) is 2. The summed E-state index contributed by atoms with van der Waals surface area (Å²) in [6, 6.07) is 15.4. The van der Waals surface area contributed by atoms with Crippen LogP contribution in [0.1, 0.15) is 31.7 Å². The van der Waals surface area contributed by atoms with Gasteiger partial charge in [-0.2, -0.15) is 0 Å². The van der Waals surface area contributed by atoms with Gasteiger partial charge in [0, 0.05) is 6.54 Å². The molecule has 0 spiro atoms. The maximum absolute atomic E-state index is 13.1. The zero-order chi connectivity index (χ0) is 24.0. The minimum absolute atomic E-state index is 0.0242. The molecule has 3 unspecified atom stereocenters. The van der Waals surface area contributed by atoms with E-state index >= 15 is 0 Å². The number of amides is 2. The van der Waals surface area contributed by atoms with Crippen LogP contribution >= 0.6 is 0 Å². The van der Waals surface area contributed by atoms with Crippen molar-refractivity contribution in [2.45, 2.75) is 38.8 Å². The van der Waals surface area contributed by atoms with Crippen LogP contribution in [0.3, 0.4) is 0 Å². The molecule has 9 heteroatoms. The van der Waals surface area contributed by atoms with Crippen LogP contribution in [-0.2, 0) is 25.7 Å². The van der Waals surface area contributed by atoms with Gasteiger partial charge in [-0.1, -0.05) is 43.7 Å². The number of para-hydroxylation sites is 1. The molecule has 1 saturated carbocycles. The van der Waals surface area contributed by atoms with Gasteiger partial charge in [0.05, 0.1) is 17.4 Å². The van der Waals surface area contributed by atoms with Crippen molar-refractivity contribution in [1.82, 2.24) is 10.6 Å². The number of rotatable bonds is 9. The third-order valence-corrected chi connectivity index (χ3v) is 5.88. The Labute approximate surface area is 190 Å². The zero-order valence-electron chi connectivity index (χ0n) is 18.1. The Morgan fingerprint density at radius 1 is 1.00 bits per heavy atom. The minimum atomic E-state index is -1.73. The topological polar surface area (TPSA) is 142 Å². The summed E-state index contributed by atoms with van der Waals surface area (Å²) in [6.07, 6.45) is 0.901. The molecule has 33 heavy (non-hydrogen) atoms. The summed E-state index contributed by atoms with van der Waals surface area (Å²) in [5, 5.41) is 23.4. The number of carbonyl (C=O) groups excluding carboxylic acids is 2. The van der Waals surface area contributed by atoms with Crippen LogP contribution in [-0.4, -0.2) is 40.0 Å². The van der Waals surface area contributed by atoms with E-state index in [1.54, 1.807) is 24.3 Å². The van der Waals surface area contributed by atoms with Gasteiger partial charge in [-0.25, -0.2) is 4.79 Å². The van der Waals surface area contributed by atoms with E-state index in [0.29, 0.717) is 24.3 Å². The molecule has 174 valence electrons. The lowest BCUT2D eigenvalue weighted by molar-refractivity contribution is -0.165. The lowest BCUT2D eigenvalue weighted by Gasteiger charge is -2.52. The Bertz CT molecular complexity index is 1020. The lowest BCUT2D eigenvalue weighted by Crippen LogP contribution is -2.69. The molecule has 0 heterocycles. The zero-order valence-corrected chi connectivity index (χ0v) is 18.1. The van der Waals surface area contributed by atoms with Crippen LogP contribution in [0.5, 0.6) is 11.5 Å². The number of nitrogens with one attached hydrogen (secondary N) is 2. The number of carboxylic acids is 2. The highest BCUT2D eigenvalue weighted by molar-refractivity contribution is 6.31. The molecular weight excluding hydrogens is 428 g/mol. The normalized spacial score (nSPS) is 21.4. The number of hydrogen-bond donors (Lipinski definition) is 4. The molecule has 2 aromatic rings. The highest BCUT2D eigenvalue weighted by Crippen LogP contribution is 2.49. The van der Waals surface area contributed by atoms with E-state index in [1.165, 1.54) is 0 Å². The van der Waals surface area contributed by atoms with Crippen molar-refractivity contribution in [3.63, 3.8) is 0 Å². The standard InChI is InChI=1S/C24H26N2O7/c1-2-12-24(13-18(21(28)29)19(24)26-20(27)22(30)31)23(32)25-14-15-8-10-17(11-9-15)33-16-6-4-3-5-7-16/h3-11,18-19H,2,12-14H2,1H3,(H,25,32)(H,26,27)(H,28,29)(H,30,31). The van der Waals surface area contributed by atoms with Crippen LogP contribution in [0.2, 0.25) is 0 Å². The van der Waals surface area contributed by atoms with Crippen LogP contribution < -0.4 is 15.4 Å². The van der Waals surface area contributed by atoms with E-state index < -0.39 is 41.1 Å².